The van der Waals surface area contributed by atoms with Crippen molar-refractivity contribution in [3.8, 4) is 0 Å². The third-order valence-electron chi connectivity index (χ3n) is 2.68. The van der Waals surface area contributed by atoms with Crippen molar-refractivity contribution in [2.45, 2.75) is 26.3 Å². The minimum Gasteiger partial charge on any atom is -0.478 e. The van der Waals surface area contributed by atoms with Crippen molar-refractivity contribution >= 4 is 17.0 Å². The Labute approximate surface area is 102 Å². The second-order valence-corrected chi connectivity index (χ2v) is 4.24. The molecule has 0 aliphatic rings. The van der Waals surface area contributed by atoms with Gasteiger partial charge in [-0.05, 0) is 32.0 Å². The van der Waals surface area contributed by atoms with Gasteiger partial charge in [0.15, 0.2) is 5.82 Å². The van der Waals surface area contributed by atoms with Crippen molar-refractivity contribution in [1.29, 1.82) is 0 Å². The maximum atomic E-state index is 12.9. The molecule has 2 rings (SSSR count). The van der Waals surface area contributed by atoms with Gasteiger partial charge in [-0.3, -0.25) is 0 Å². The molecule has 1 aromatic heterocycles. The van der Waals surface area contributed by atoms with Gasteiger partial charge in [-0.2, -0.15) is 0 Å². The van der Waals surface area contributed by atoms with Gasteiger partial charge in [-0.25, -0.2) is 18.6 Å². The molecule has 2 aromatic rings. The molecule has 0 unspecified atom stereocenters. The van der Waals surface area contributed by atoms with Gasteiger partial charge in [0.05, 0.1) is 16.6 Å². The predicted octanol–water partition coefficient (Wildman–Crippen LogP) is 3.25. The number of nitrogens with zero attached hydrogens (tertiary/aromatic N) is 2. The van der Waals surface area contributed by atoms with Gasteiger partial charge in [0.25, 0.3) is 6.43 Å². The summed E-state index contributed by atoms with van der Waals surface area (Å²) < 4.78 is 27.2. The number of halogens is 2. The van der Waals surface area contributed by atoms with Crippen LogP contribution in [0.4, 0.5) is 8.78 Å². The van der Waals surface area contributed by atoms with Crippen LogP contribution < -0.4 is 0 Å². The normalized spacial score (nSPS) is 11.7. The molecule has 0 aliphatic heterocycles. The molecule has 0 amide bonds. The van der Waals surface area contributed by atoms with Gasteiger partial charge >= 0.3 is 5.97 Å². The first-order valence-electron chi connectivity index (χ1n) is 5.45. The zero-order valence-electron chi connectivity index (χ0n) is 9.89. The number of aromatic nitrogens is 2. The summed E-state index contributed by atoms with van der Waals surface area (Å²) in [5.74, 6) is -1.43. The first-order chi connectivity index (χ1) is 8.41. The van der Waals surface area contributed by atoms with Gasteiger partial charge in [-0.1, -0.05) is 0 Å². The summed E-state index contributed by atoms with van der Waals surface area (Å²) >= 11 is 0. The minimum atomic E-state index is -2.69. The number of carboxylic acid groups (broad SMARTS) is 1. The molecular weight excluding hydrogens is 242 g/mol. The third kappa shape index (κ3) is 1.94. The molecule has 1 heterocycles. The number of hydrogen-bond acceptors (Lipinski definition) is 2. The Hall–Kier alpha value is -1.98. The first kappa shape index (κ1) is 12.5. The molecule has 6 heteroatoms. The van der Waals surface area contributed by atoms with Crippen LogP contribution in [-0.4, -0.2) is 20.6 Å². The number of carbonyl (C=O) groups is 1. The second-order valence-electron chi connectivity index (χ2n) is 4.24. The number of hydrogen-bond donors (Lipinski definition) is 1. The smallest absolute Gasteiger partial charge is 0.335 e. The second kappa shape index (κ2) is 4.36. The molecule has 18 heavy (non-hydrogen) atoms. The van der Waals surface area contributed by atoms with Crippen LogP contribution in [-0.2, 0) is 0 Å². The SMILES string of the molecule is CC(C)n1c(C(F)F)nc2cc(C(=O)O)ccc21. The van der Waals surface area contributed by atoms with Gasteiger partial charge in [0, 0.05) is 6.04 Å². The summed E-state index contributed by atoms with van der Waals surface area (Å²) in [6.45, 7) is 3.55. The fourth-order valence-corrected chi connectivity index (χ4v) is 1.95. The highest BCUT2D eigenvalue weighted by molar-refractivity contribution is 5.92. The van der Waals surface area contributed by atoms with Crippen LogP contribution >= 0.6 is 0 Å². The first-order valence-corrected chi connectivity index (χ1v) is 5.45. The number of rotatable bonds is 3. The average Bonchev–Trinajstić information content (AvgIpc) is 2.66. The number of imidazole rings is 1. The number of fused-ring (bicyclic) bond motifs is 1. The molecular formula is C12H12F2N2O2. The maximum absolute atomic E-state index is 12.9. The Kier molecular flexibility index (Phi) is 3.02. The Morgan fingerprint density at radius 1 is 1.39 bits per heavy atom. The van der Waals surface area contributed by atoms with Crippen LogP contribution in [0.15, 0.2) is 18.2 Å². The molecule has 0 radical (unpaired) electrons. The quantitative estimate of drug-likeness (QED) is 0.914. The average molecular weight is 254 g/mol. The highest BCUT2D eigenvalue weighted by Crippen LogP contribution is 2.28. The highest BCUT2D eigenvalue weighted by atomic mass is 19.3. The number of aromatic carboxylic acids is 1. The van der Waals surface area contributed by atoms with Crippen LogP contribution in [0.1, 0.15) is 42.5 Å². The molecule has 0 saturated carbocycles. The molecule has 0 bridgehead atoms. The van der Waals surface area contributed by atoms with Crippen LogP contribution in [0.3, 0.4) is 0 Å². The van der Waals surface area contributed by atoms with Gasteiger partial charge < -0.3 is 9.67 Å². The predicted molar refractivity (Wildman–Crippen MR) is 62.0 cm³/mol. The molecule has 1 aromatic carbocycles. The topological polar surface area (TPSA) is 55.1 Å². The Bertz CT molecular complexity index is 605. The zero-order valence-corrected chi connectivity index (χ0v) is 9.89. The van der Waals surface area contributed by atoms with Gasteiger partial charge in [-0.15, -0.1) is 0 Å². The Morgan fingerprint density at radius 2 is 2.06 bits per heavy atom. The molecule has 4 nitrogen and oxygen atoms in total. The van der Waals surface area contributed by atoms with Crippen molar-refractivity contribution in [3.05, 3.63) is 29.6 Å². The highest BCUT2D eigenvalue weighted by Gasteiger charge is 2.21. The molecule has 0 spiro atoms. The lowest BCUT2D eigenvalue weighted by atomic mass is 10.2. The van der Waals surface area contributed by atoms with Crippen molar-refractivity contribution < 1.29 is 18.7 Å². The molecule has 0 aliphatic carbocycles. The van der Waals surface area contributed by atoms with Crippen LogP contribution in [0.5, 0.6) is 0 Å². The van der Waals surface area contributed by atoms with Crippen molar-refractivity contribution in [2.75, 3.05) is 0 Å². The fourth-order valence-electron chi connectivity index (χ4n) is 1.95. The number of benzene rings is 1. The Morgan fingerprint density at radius 3 is 2.56 bits per heavy atom. The van der Waals surface area contributed by atoms with E-state index in [2.05, 4.69) is 4.98 Å². The molecule has 96 valence electrons. The zero-order chi connectivity index (χ0) is 13.4. The van der Waals surface area contributed by atoms with Crippen molar-refractivity contribution in [3.63, 3.8) is 0 Å². The minimum absolute atomic E-state index is 0.0386. The lowest BCUT2D eigenvalue weighted by Crippen LogP contribution is -2.06. The number of alkyl halides is 2. The molecule has 0 fully saturated rings. The maximum Gasteiger partial charge on any atom is 0.335 e. The Balaban J connectivity index is 2.72. The monoisotopic (exact) mass is 254 g/mol. The third-order valence-corrected chi connectivity index (χ3v) is 2.68. The van der Waals surface area contributed by atoms with Gasteiger partial charge in [0.2, 0.25) is 0 Å². The van der Waals surface area contributed by atoms with Gasteiger partial charge in [0.1, 0.15) is 0 Å². The summed E-state index contributed by atoms with van der Waals surface area (Å²) in [5.41, 5.74) is 0.834. The van der Waals surface area contributed by atoms with E-state index in [4.69, 9.17) is 5.11 Å². The lowest BCUT2D eigenvalue weighted by Gasteiger charge is -2.12. The van der Waals surface area contributed by atoms with E-state index >= 15 is 0 Å². The van der Waals surface area contributed by atoms with E-state index in [9.17, 15) is 13.6 Å². The summed E-state index contributed by atoms with van der Waals surface area (Å²) in [5, 5.41) is 8.86. The van der Waals surface area contributed by atoms with E-state index in [1.54, 1.807) is 13.8 Å². The van der Waals surface area contributed by atoms with Crippen LogP contribution in [0.2, 0.25) is 0 Å². The molecule has 0 atom stereocenters. The largest absolute Gasteiger partial charge is 0.478 e. The molecule has 0 saturated heterocycles. The van der Waals surface area contributed by atoms with Crippen molar-refractivity contribution in [2.24, 2.45) is 0 Å². The van der Waals surface area contributed by atoms with E-state index in [-0.39, 0.29) is 22.9 Å². The van der Waals surface area contributed by atoms with E-state index in [1.807, 2.05) is 0 Å². The van der Waals surface area contributed by atoms with E-state index in [0.717, 1.165) is 0 Å². The standard InChI is InChI=1S/C12H12F2N2O2/c1-6(2)16-9-4-3-7(12(17)18)5-8(9)15-11(16)10(13)14/h3-6,10H,1-2H3,(H,17,18). The van der Waals surface area contributed by atoms with E-state index in [0.29, 0.717) is 5.52 Å². The van der Waals surface area contributed by atoms with Crippen molar-refractivity contribution in [1.82, 2.24) is 9.55 Å². The molecule has 1 N–H and O–H groups in total. The van der Waals surface area contributed by atoms with E-state index < -0.39 is 12.4 Å². The summed E-state index contributed by atoms with van der Waals surface area (Å²) in [7, 11) is 0. The van der Waals surface area contributed by atoms with E-state index in [1.165, 1.54) is 22.8 Å². The number of carboxylic acids is 1. The van der Waals surface area contributed by atoms with Crippen LogP contribution in [0, 0.1) is 0 Å². The summed E-state index contributed by atoms with van der Waals surface area (Å²) in [6, 6.07) is 4.04. The van der Waals surface area contributed by atoms with Crippen LogP contribution in [0.25, 0.3) is 11.0 Å². The summed E-state index contributed by atoms with van der Waals surface area (Å²) in [4.78, 5) is 14.6. The lowest BCUT2D eigenvalue weighted by molar-refractivity contribution is 0.0697. The fraction of sp³-hybridized carbons (Fsp3) is 0.333. The summed E-state index contributed by atoms with van der Waals surface area (Å²) in [6.07, 6.45) is -2.69.